The van der Waals surface area contributed by atoms with Crippen molar-refractivity contribution in [1.82, 2.24) is 9.88 Å². The summed E-state index contributed by atoms with van der Waals surface area (Å²) < 4.78 is 21.3. The minimum Gasteiger partial charge on any atom is -0.496 e. The predicted molar refractivity (Wildman–Crippen MR) is 126 cm³/mol. The summed E-state index contributed by atoms with van der Waals surface area (Å²) in [5.41, 5.74) is 2.79. The Morgan fingerprint density at radius 2 is 1.90 bits per heavy atom. The Morgan fingerprint density at radius 1 is 1.13 bits per heavy atom. The van der Waals surface area contributed by atoms with Gasteiger partial charge in [-0.15, -0.1) is 23.7 Å². The molecule has 0 saturated carbocycles. The standard InChI is InChI=1S/C23H23FN2O2S.ClH/c1-4-26(5-2)13-15-7-6-14(12-17(15)24)20-19(28-3)9-8-18-21(20)16-10-11-29-22(16)23(27)25-18;/h6-12H,4-5,13H2,1-3H3,(H,25,27);1H. The van der Waals surface area contributed by atoms with Crippen LogP contribution in [0.3, 0.4) is 0 Å². The number of pyridine rings is 1. The molecule has 1 N–H and O–H groups in total. The van der Waals surface area contributed by atoms with Crippen molar-refractivity contribution in [3.63, 3.8) is 0 Å². The number of rotatable bonds is 6. The van der Waals surface area contributed by atoms with E-state index in [1.807, 2.05) is 35.7 Å². The van der Waals surface area contributed by atoms with Crippen molar-refractivity contribution in [2.24, 2.45) is 0 Å². The zero-order valence-electron chi connectivity index (χ0n) is 17.1. The number of aromatic amines is 1. The Bertz CT molecular complexity index is 1250. The van der Waals surface area contributed by atoms with E-state index in [0.29, 0.717) is 28.1 Å². The van der Waals surface area contributed by atoms with E-state index in [1.165, 1.54) is 11.3 Å². The predicted octanol–water partition coefficient (Wildman–Crippen LogP) is 5.82. The van der Waals surface area contributed by atoms with Gasteiger partial charge < -0.3 is 9.72 Å². The summed E-state index contributed by atoms with van der Waals surface area (Å²) in [4.78, 5) is 17.5. The van der Waals surface area contributed by atoms with E-state index in [9.17, 15) is 9.18 Å². The number of thiophene rings is 1. The number of benzene rings is 2. The van der Waals surface area contributed by atoms with E-state index in [0.717, 1.165) is 35.0 Å². The van der Waals surface area contributed by atoms with Crippen LogP contribution in [0, 0.1) is 5.82 Å². The molecule has 0 unspecified atom stereocenters. The summed E-state index contributed by atoms with van der Waals surface area (Å²) >= 11 is 1.40. The maximum atomic E-state index is 15.0. The number of ether oxygens (including phenoxy) is 1. The number of hydrogen-bond acceptors (Lipinski definition) is 4. The van der Waals surface area contributed by atoms with Gasteiger partial charge in [0.05, 0.1) is 7.11 Å². The molecule has 30 heavy (non-hydrogen) atoms. The van der Waals surface area contributed by atoms with Crippen LogP contribution in [0.25, 0.3) is 32.1 Å². The SMILES string of the molecule is CCN(CC)Cc1ccc(-c2c(OC)ccc3[nH]c(=O)c4sccc4c23)cc1F.Cl. The molecule has 0 aliphatic rings. The first-order chi connectivity index (χ1) is 14.1. The fourth-order valence-corrected chi connectivity index (χ4v) is 4.60. The molecule has 0 atom stereocenters. The molecule has 0 spiro atoms. The van der Waals surface area contributed by atoms with E-state index in [2.05, 4.69) is 23.7 Å². The third kappa shape index (κ3) is 3.83. The normalized spacial score (nSPS) is 11.2. The Kier molecular flexibility index (Phi) is 6.81. The van der Waals surface area contributed by atoms with Crippen molar-refractivity contribution in [2.45, 2.75) is 20.4 Å². The molecule has 0 aliphatic carbocycles. The van der Waals surface area contributed by atoms with Crippen LogP contribution >= 0.6 is 23.7 Å². The van der Waals surface area contributed by atoms with Crippen LogP contribution in [-0.4, -0.2) is 30.1 Å². The highest BCUT2D eigenvalue weighted by Gasteiger charge is 2.17. The maximum absolute atomic E-state index is 15.0. The zero-order valence-corrected chi connectivity index (χ0v) is 18.8. The Hall–Kier alpha value is -2.41. The molecule has 0 bridgehead atoms. The quantitative estimate of drug-likeness (QED) is 0.406. The highest BCUT2D eigenvalue weighted by atomic mass is 35.5. The van der Waals surface area contributed by atoms with Gasteiger partial charge in [0.1, 0.15) is 16.3 Å². The lowest BCUT2D eigenvalue weighted by atomic mass is 9.96. The van der Waals surface area contributed by atoms with Crippen molar-refractivity contribution >= 4 is 44.7 Å². The van der Waals surface area contributed by atoms with Crippen molar-refractivity contribution in [3.05, 3.63) is 63.5 Å². The number of nitrogens with zero attached hydrogens (tertiary/aromatic N) is 1. The second kappa shape index (κ2) is 9.16. The van der Waals surface area contributed by atoms with E-state index in [4.69, 9.17) is 4.74 Å². The highest BCUT2D eigenvalue weighted by molar-refractivity contribution is 7.17. The average molecular weight is 447 g/mol. The van der Waals surface area contributed by atoms with Crippen LogP contribution < -0.4 is 10.3 Å². The summed E-state index contributed by atoms with van der Waals surface area (Å²) in [5, 5.41) is 3.63. The Balaban J connectivity index is 0.00000256. The Labute approximate surface area is 184 Å². The fourth-order valence-electron chi connectivity index (χ4n) is 3.80. The van der Waals surface area contributed by atoms with Crippen molar-refractivity contribution in [3.8, 4) is 16.9 Å². The van der Waals surface area contributed by atoms with Gasteiger partial charge in [-0.1, -0.05) is 26.0 Å². The minimum atomic E-state index is -0.237. The van der Waals surface area contributed by atoms with Crippen molar-refractivity contribution in [2.75, 3.05) is 20.2 Å². The molecular formula is C23H24ClFN2O2S. The van der Waals surface area contributed by atoms with Gasteiger partial charge in [0.2, 0.25) is 0 Å². The van der Waals surface area contributed by atoms with Crippen molar-refractivity contribution in [1.29, 1.82) is 0 Å². The first-order valence-corrected chi connectivity index (χ1v) is 10.6. The van der Waals surface area contributed by atoms with E-state index in [-0.39, 0.29) is 23.8 Å². The molecule has 0 saturated heterocycles. The zero-order chi connectivity index (χ0) is 20.5. The summed E-state index contributed by atoms with van der Waals surface area (Å²) in [7, 11) is 1.60. The maximum Gasteiger partial charge on any atom is 0.266 e. The number of nitrogens with one attached hydrogen (secondary N) is 1. The smallest absolute Gasteiger partial charge is 0.266 e. The molecule has 158 valence electrons. The van der Waals surface area contributed by atoms with Crippen LogP contribution in [-0.2, 0) is 6.54 Å². The third-order valence-corrected chi connectivity index (χ3v) is 6.32. The lowest BCUT2D eigenvalue weighted by molar-refractivity contribution is 0.291. The number of methoxy groups -OCH3 is 1. The summed E-state index contributed by atoms with van der Waals surface area (Å²) in [6, 6.07) is 10.9. The van der Waals surface area contributed by atoms with Gasteiger partial charge in [-0.2, -0.15) is 0 Å². The molecule has 4 rings (SSSR count). The van der Waals surface area contributed by atoms with Crippen LogP contribution in [0.5, 0.6) is 5.75 Å². The second-order valence-electron chi connectivity index (χ2n) is 6.95. The third-order valence-electron chi connectivity index (χ3n) is 5.41. The summed E-state index contributed by atoms with van der Waals surface area (Å²) in [5.74, 6) is 0.410. The number of H-pyrrole nitrogens is 1. The van der Waals surface area contributed by atoms with Gasteiger partial charge in [-0.05, 0) is 48.3 Å². The van der Waals surface area contributed by atoms with Crippen LogP contribution in [0.15, 0.2) is 46.6 Å². The summed E-state index contributed by atoms with van der Waals surface area (Å²) in [6.45, 7) is 6.47. The first-order valence-electron chi connectivity index (χ1n) is 9.68. The molecular weight excluding hydrogens is 423 g/mol. The average Bonchev–Trinajstić information content (AvgIpc) is 3.23. The monoisotopic (exact) mass is 446 g/mol. The van der Waals surface area contributed by atoms with Gasteiger partial charge >= 0.3 is 0 Å². The van der Waals surface area contributed by atoms with Crippen LogP contribution in [0.4, 0.5) is 4.39 Å². The Morgan fingerprint density at radius 3 is 2.57 bits per heavy atom. The van der Waals surface area contributed by atoms with Gasteiger partial charge in [-0.25, -0.2) is 4.39 Å². The fraction of sp³-hybridized carbons (Fsp3) is 0.261. The second-order valence-corrected chi connectivity index (χ2v) is 7.87. The van der Waals surface area contributed by atoms with Gasteiger partial charge in [0, 0.05) is 34.0 Å². The first kappa shape index (κ1) is 22.3. The molecule has 0 fully saturated rings. The molecule has 2 aromatic carbocycles. The molecule has 0 aliphatic heterocycles. The minimum absolute atomic E-state index is 0. The summed E-state index contributed by atoms with van der Waals surface area (Å²) in [6.07, 6.45) is 0. The number of halogens is 2. The molecule has 2 heterocycles. The van der Waals surface area contributed by atoms with Gasteiger partial charge in [0.25, 0.3) is 5.56 Å². The van der Waals surface area contributed by atoms with Gasteiger partial charge in [0.15, 0.2) is 0 Å². The van der Waals surface area contributed by atoms with Crippen LogP contribution in [0.2, 0.25) is 0 Å². The lowest BCUT2D eigenvalue weighted by Crippen LogP contribution is -2.22. The lowest BCUT2D eigenvalue weighted by Gasteiger charge is -2.19. The largest absolute Gasteiger partial charge is 0.496 e. The van der Waals surface area contributed by atoms with E-state index >= 15 is 0 Å². The molecule has 0 amide bonds. The molecule has 4 nitrogen and oxygen atoms in total. The number of fused-ring (bicyclic) bond motifs is 3. The number of hydrogen-bond donors (Lipinski definition) is 1. The van der Waals surface area contributed by atoms with Gasteiger partial charge in [-0.3, -0.25) is 9.69 Å². The molecule has 7 heteroatoms. The highest BCUT2D eigenvalue weighted by Crippen LogP contribution is 2.40. The van der Waals surface area contributed by atoms with E-state index < -0.39 is 0 Å². The molecule has 4 aromatic rings. The topological polar surface area (TPSA) is 45.3 Å². The molecule has 2 aromatic heterocycles. The van der Waals surface area contributed by atoms with E-state index in [1.54, 1.807) is 13.2 Å². The van der Waals surface area contributed by atoms with Crippen LogP contribution in [0.1, 0.15) is 19.4 Å². The van der Waals surface area contributed by atoms with Crippen molar-refractivity contribution < 1.29 is 9.13 Å². The number of aromatic nitrogens is 1. The molecule has 0 radical (unpaired) electrons.